The number of halogens is 1. The number of guanidine groups is 1. The number of hydrogen-bond acceptors (Lipinski definition) is 4. The van der Waals surface area contributed by atoms with E-state index in [4.69, 9.17) is 4.42 Å². The highest BCUT2D eigenvalue weighted by Gasteiger charge is 2.31. The molecule has 1 aromatic carbocycles. The van der Waals surface area contributed by atoms with Gasteiger partial charge in [0.15, 0.2) is 5.96 Å². The summed E-state index contributed by atoms with van der Waals surface area (Å²) in [5, 5.41) is 16.3. The van der Waals surface area contributed by atoms with Crippen molar-refractivity contribution < 1.29 is 9.52 Å². The van der Waals surface area contributed by atoms with E-state index in [2.05, 4.69) is 27.5 Å². The van der Waals surface area contributed by atoms with Gasteiger partial charge in [-0.25, -0.2) is 9.98 Å². The molecule has 1 saturated carbocycles. The summed E-state index contributed by atoms with van der Waals surface area (Å²) >= 11 is 0. The molecule has 0 unspecified atom stereocenters. The summed E-state index contributed by atoms with van der Waals surface area (Å²) in [6, 6.07) is 9.88. The third-order valence-corrected chi connectivity index (χ3v) is 5.50. The Morgan fingerprint density at radius 1 is 1.17 bits per heavy atom. The summed E-state index contributed by atoms with van der Waals surface area (Å²) in [5.41, 5.74) is 1.95. The Kier molecular flexibility index (Phi) is 9.93. The maximum Gasteiger partial charge on any atom is 0.226 e. The Morgan fingerprint density at radius 2 is 1.93 bits per heavy atom. The minimum absolute atomic E-state index is 0. The van der Waals surface area contributed by atoms with Crippen LogP contribution in [0.15, 0.2) is 46.0 Å². The van der Waals surface area contributed by atoms with Crippen LogP contribution in [0.3, 0.4) is 0 Å². The molecule has 0 aliphatic heterocycles. The second-order valence-corrected chi connectivity index (χ2v) is 7.59. The van der Waals surface area contributed by atoms with Gasteiger partial charge in [-0.2, -0.15) is 0 Å². The van der Waals surface area contributed by atoms with Crippen LogP contribution in [-0.4, -0.2) is 35.7 Å². The van der Waals surface area contributed by atoms with Crippen molar-refractivity contribution in [1.29, 1.82) is 0 Å². The number of aliphatic hydroxyl groups excluding tert-OH is 1. The second kappa shape index (κ2) is 12.2. The highest BCUT2D eigenvalue weighted by Crippen LogP contribution is 2.38. The van der Waals surface area contributed by atoms with E-state index in [0.29, 0.717) is 12.4 Å². The minimum Gasteiger partial charge on any atom is -0.444 e. The Hall–Kier alpha value is -1.61. The molecule has 0 bridgehead atoms. The molecule has 0 saturated heterocycles. The van der Waals surface area contributed by atoms with Crippen molar-refractivity contribution in [2.24, 2.45) is 10.4 Å². The number of nitrogens with one attached hydrogen (secondary N) is 2. The largest absolute Gasteiger partial charge is 0.444 e. The van der Waals surface area contributed by atoms with Crippen molar-refractivity contribution in [2.45, 2.75) is 52.0 Å². The predicted octanol–water partition coefficient (Wildman–Crippen LogP) is 4.35. The average molecular weight is 512 g/mol. The first-order valence-electron chi connectivity index (χ1n) is 10.4. The monoisotopic (exact) mass is 512 g/mol. The van der Waals surface area contributed by atoms with Crippen molar-refractivity contribution in [2.75, 3.05) is 19.7 Å². The summed E-state index contributed by atoms with van der Waals surface area (Å²) in [5.74, 6) is 1.41. The molecule has 1 fully saturated rings. The molecular weight excluding hydrogens is 479 g/mol. The van der Waals surface area contributed by atoms with Gasteiger partial charge in [-0.3, -0.25) is 0 Å². The number of aliphatic imine (C=N–C) groups is 1. The first-order chi connectivity index (χ1) is 13.7. The molecule has 1 heterocycles. The van der Waals surface area contributed by atoms with Crippen LogP contribution in [0, 0.1) is 5.41 Å². The molecule has 0 amide bonds. The molecule has 3 N–H and O–H groups in total. The Bertz CT molecular complexity index is 737. The van der Waals surface area contributed by atoms with Gasteiger partial charge in [0.2, 0.25) is 5.89 Å². The van der Waals surface area contributed by atoms with E-state index >= 15 is 0 Å². The molecule has 6 nitrogen and oxygen atoms in total. The first-order valence-corrected chi connectivity index (χ1v) is 10.4. The van der Waals surface area contributed by atoms with Gasteiger partial charge in [0.05, 0.1) is 6.54 Å². The zero-order chi connectivity index (χ0) is 19.7. The number of nitrogens with zero attached hydrogens (tertiary/aromatic N) is 2. The number of hydrogen-bond donors (Lipinski definition) is 3. The zero-order valence-electron chi connectivity index (χ0n) is 17.2. The van der Waals surface area contributed by atoms with Crippen LogP contribution in [0.1, 0.15) is 51.1 Å². The first kappa shape index (κ1) is 23.7. The number of oxazole rings is 1. The Balaban J connectivity index is 0.00000300. The zero-order valence-corrected chi connectivity index (χ0v) is 19.5. The van der Waals surface area contributed by atoms with Crippen LogP contribution in [-0.2, 0) is 6.54 Å². The van der Waals surface area contributed by atoms with Crippen molar-refractivity contribution in [3.8, 4) is 11.5 Å². The number of rotatable bonds is 8. The lowest BCUT2D eigenvalue weighted by Gasteiger charge is -2.37. The highest BCUT2D eigenvalue weighted by molar-refractivity contribution is 14.0. The third kappa shape index (κ3) is 6.99. The predicted molar refractivity (Wildman–Crippen MR) is 127 cm³/mol. The molecule has 0 atom stereocenters. The van der Waals surface area contributed by atoms with Crippen LogP contribution < -0.4 is 10.6 Å². The number of aliphatic hydroxyl groups is 1. The van der Waals surface area contributed by atoms with Crippen molar-refractivity contribution in [3.05, 3.63) is 42.3 Å². The van der Waals surface area contributed by atoms with Gasteiger partial charge in [0.25, 0.3) is 0 Å². The van der Waals surface area contributed by atoms with Gasteiger partial charge < -0.3 is 20.2 Å². The average Bonchev–Trinajstić information content (AvgIpc) is 3.21. The van der Waals surface area contributed by atoms with Crippen LogP contribution in [0.5, 0.6) is 0 Å². The maximum absolute atomic E-state index is 9.51. The molecule has 0 radical (unpaired) electrons. The van der Waals surface area contributed by atoms with E-state index < -0.39 is 0 Å². The smallest absolute Gasteiger partial charge is 0.226 e. The fourth-order valence-electron chi connectivity index (χ4n) is 3.92. The fourth-order valence-corrected chi connectivity index (χ4v) is 3.92. The normalized spacial score (nSPS) is 16.1. The second-order valence-electron chi connectivity index (χ2n) is 7.59. The Morgan fingerprint density at radius 3 is 2.62 bits per heavy atom. The van der Waals surface area contributed by atoms with Crippen LogP contribution >= 0.6 is 24.0 Å². The van der Waals surface area contributed by atoms with E-state index in [1.807, 2.05) is 30.3 Å². The molecule has 160 valence electrons. The van der Waals surface area contributed by atoms with Crippen LogP contribution in [0.25, 0.3) is 11.5 Å². The van der Waals surface area contributed by atoms with Gasteiger partial charge in [-0.05, 0) is 43.7 Å². The summed E-state index contributed by atoms with van der Waals surface area (Å²) in [6.45, 7) is 4.40. The molecular formula is C22H33IN4O2. The lowest BCUT2D eigenvalue weighted by atomic mass is 9.72. The fraction of sp³-hybridized carbons (Fsp3) is 0.545. The molecule has 7 heteroatoms. The van der Waals surface area contributed by atoms with Crippen LogP contribution in [0.4, 0.5) is 0 Å². The van der Waals surface area contributed by atoms with Gasteiger partial charge in [0.1, 0.15) is 12.0 Å². The topological polar surface area (TPSA) is 82.7 Å². The Labute approximate surface area is 190 Å². The van der Waals surface area contributed by atoms with Gasteiger partial charge in [0, 0.05) is 25.3 Å². The number of benzene rings is 1. The molecule has 3 rings (SSSR count). The highest BCUT2D eigenvalue weighted by atomic mass is 127. The molecule has 29 heavy (non-hydrogen) atoms. The van der Waals surface area contributed by atoms with Crippen molar-refractivity contribution >= 4 is 29.9 Å². The standard InChI is InChI=1S/C22H32N4O2.HI/c1-2-23-21(25-17-22(13-14-27)11-7-4-8-12-22)24-15-19-16-28-20(26-19)18-9-5-3-6-10-18;/h3,5-6,9-10,16,27H,2,4,7-8,11-15,17H2,1H3,(H2,23,24,25);1H. The van der Waals surface area contributed by atoms with Crippen molar-refractivity contribution in [3.63, 3.8) is 0 Å². The maximum atomic E-state index is 9.51. The van der Waals surface area contributed by atoms with E-state index in [1.54, 1.807) is 6.26 Å². The van der Waals surface area contributed by atoms with E-state index in [-0.39, 0.29) is 36.0 Å². The summed E-state index contributed by atoms with van der Waals surface area (Å²) in [4.78, 5) is 9.22. The van der Waals surface area contributed by atoms with E-state index in [1.165, 1.54) is 32.1 Å². The molecule has 1 aliphatic rings. The summed E-state index contributed by atoms with van der Waals surface area (Å²) in [6.07, 6.45) is 8.66. The lowest BCUT2D eigenvalue weighted by Crippen LogP contribution is -2.44. The molecule has 1 aromatic heterocycles. The summed E-state index contributed by atoms with van der Waals surface area (Å²) < 4.78 is 5.60. The van der Waals surface area contributed by atoms with Gasteiger partial charge >= 0.3 is 0 Å². The number of aromatic nitrogens is 1. The molecule has 1 aliphatic carbocycles. The third-order valence-electron chi connectivity index (χ3n) is 5.50. The minimum atomic E-state index is 0. The van der Waals surface area contributed by atoms with E-state index in [0.717, 1.165) is 36.7 Å². The molecule has 2 aromatic rings. The summed E-state index contributed by atoms with van der Waals surface area (Å²) in [7, 11) is 0. The quantitative estimate of drug-likeness (QED) is 0.279. The van der Waals surface area contributed by atoms with Gasteiger partial charge in [-0.1, -0.05) is 37.5 Å². The SMILES string of the molecule is CCNC(=NCc1coc(-c2ccccc2)n1)NCC1(CCO)CCCCC1.I. The lowest BCUT2D eigenvalue weighted by molar-refractivity contribution is 0.131. The van der Waals surface area contributed by atoms with Gasteiger partial charge in [-0.15, -0.1) is 24.0 Å². The van der Waals surface area contributed by atoms with E-state index in [9.17, 15) is 5.11 Å². The molecule has 0 spiro atoms. The van der Waals surface area contributed by atoms with Crippen molar-refractivity contribution in [1.82, 2.24) is 15.6 Å². The van der Waals surface area contributed by atoms with Crippen LogP contribution in [0.2, 0.25) is 0 Å².